The summed E-state index contributed by atoms with van der Waals surface area (Å²) in [6.45, 7) is 6.68. The molecule has 2 aromatic rings. The highest BCUT2D eigenvalue weighted by molar-refractivity contribution is 6.42. The van der Waals surface area contributed by atoms with Gasteiger partial charge in [-0.3, -0.25) is 4.90 Å². The van der Waals surface area contributed by atoms with E-state index in [4.69, 9.17) is 32.7 Å². The van der Waals surface area contributed by atoms with Crippen LogP contribution in [0.4, 0.5) is 0 Å². The average Bonchev–Trinajstić information content (AvgIpc) is 3.16. The number of para-hydroxylation sites is 1. The number of halogens is 2. The molecule has 28 heavy (non-hydrogen) atoms. The topological polar surface area (TPSA) is 33.7 Å². The highest BCUT2D eigenvalue weighted by Crippen LogP contribution is 2.32. The molecule has 0 unspecified atom stereocenters. The van der Waals surface area contributed by atoms with Crippen molar-refractivity contribution in [1.82, 2.24) is 10.2 Å². The second kappa shape index (κ2) is 10.4. The van der Waals surface area contributed by atoms with Gasteiger partial charge < -0.3 is 14.8 Å². The van der Waals surface area contributed by atoms with Crippen LogP contribution in [-0.2, 0) is 13.2 Å². The Morgan fingerprint density at radius 3 is 2.79 bits per heavy atom. The summed E-state index contributed by atoms with van der Waals surface area (Å²) in [5.74, 6) is 1.50. The van der Waals surface area contributed by atoms with Crippen LogP contribution in [0.2, 0.25) is 10.0 Å². The predicted molar refractivity (Wildman–Crippen MR) is 116 cm³/mol. The van der Waals surface area contributed by atoms with Crippen LogP contribution in [0.3, 0.4) is 0 Å². The lowest BCUT2D eigenvalue weighted by Crippen LogP contribution is -2.37. The van der Waals surface area contributed by atoms with Crippen LogP contribution < -0.4 is 14.8 Å². The van der Waals surface area contributed by atoms with E-state index in [-0.39, 0.29) is 0 Å². The standard InChI is InChI=1S/C22H28Cl2N2O2/c1-3-26-11-5-7-18(26)14-25-13-17-6-4-8-21(27-2)22(17)28-15-16-9-10-19(23)20(24)12-16/h4,6,8-10,12,18,25H,3,5,7,11,13-15H2,1-2H3/t18-/m0/s1. The molecule has 1 fully saturated rings. The Morgan fingerprint density at radius 2 is 2.04 bits per heavy atom. The molecule has 152 valence electrons. The maximum Gasteiger partial charge on any atom is 0.166 e. The highest BCUT2D eigenvalue weighted by Gasteiger charge is 2.22. The van der Waals surface area contributed by atoms with E-state index in [1.54, 1.807) is 13.2 Å². The van der Waals surface area contributed by atoms with Crippen molar-refractivity contribution < 1.29 is 9.47 Å². The number of nitrogens with zero attached hydrogens (tertiary/aromatic N) is 1. The lowest BCUT2D eigenvalue weighted by Gasteiger charge is -2.23. The Hall–Kier alpha value is -1.46. The van der Waals surface area contributed by atoms with E-state index in [2.05, 4.69) is 23.2 Å². The molecule has 0 aliphatic carbocycles. The molecule has 3 rings (SSSR count). The van der Waals surface area contributed by atoms with Gasteiger partial charge in [0.05, 0.1) is 17.2 Å². The van der Waals surface area contributed by atoms with E-state index >= 15 is 0 Å². The van der Waals surface area contributed by atoms with Gasteiger partial charge in [0, 0.05) is 24.7 Å². The third-order valence-corrected chi connectivity index (χ3v) is 5.99. The second-order valence-electron chi connectivity index (χ2n) is 7.04. The molecule has 6 heteroatoms. The molecular formula is C22H28Cl2N2O2. The van der Waals surface area contributed by atoms with Crippen molar-refractivity contribution in [3.8, 4) is 11.5 Å². The van der Waals surface area contributed by atoms with Gasteiger partial charge in [-0.1, -0.05) is 48.3 Å². The largest absolute Gasteiger partial charge is 0.493 e. The van der Waals surface area contributed by atoms with Crippen LogP contribution in [0.5, 0.6) is 11.5 Å². The molecule has 0 bridgehead atoms. The maximum absolute atomic E-state index is 6.13. The van der Waals surface area contributed by atoms with Crippen molar-refractivity contribution in [3.05, 3.63) is 57.6 Å². The second-order valence-corrected chi connectivity index (χ2v) is 7.86. The fourth-order valence-electron chi connectivity index (χ4n) is 3.73. The molecule has 1 N–H and O–H groups in total. The van der Waals surface area contributed by atoms with Crippen molar-refractivity contribution in [3.63, 3.8) is 0 Å². The quantitative estimate of drug-likeness (QED) is 0.605. The number of benzene rings is 2. The van der Waals surface area contributed by atoms with Gasteiger partial charge in [0.2, 0.25) is 0 Å². The number of hydrogen-bond donors (Lipinski definition) is 1. The number of hydrogen-bond acceptors (Lipinski definition) is 4. The van der Waals surface area contributed by atoms with E-state index in [1.807, 2.05) is 24.3 Å². The van der Waals surface area contributed by atoms with Gasteiger partial charge in [-0.25, -0.2) is 0 Å². The fourth-order valence-corrected chi connectivity index (χ4v) is 4.05. The first-order valence-electron chi connectivity index (χ1n) is 9.79. The van der Waals surface area contributed by atoms with Gasteiger partial charge in [0.15, 0.2) is 11.5 Å². The highest BCUT2D eigenvalue weighted by atomic mass is 35.5. The molecule has 4 nitrogen and oxygen atoms in total. The van der Waals surface area contributed by atoms with Crippen molar-refractivity contribution in [2.75, 3.05) is 26.7 Å². The van der Waals surface area contributed by atoms with E-state index < -0.39 is 0 Å². The lowest BCUT2D eigenvalue weighted by atomic mass is 10.1. The third kappa shape index (κ3) is 5.32. The predicted octanol–water partition coefficient (Wildman–Crippen LogP) is 5.15. The van der Waals surface area contributed by atoms with E-state index in [9.17, 15) is 0 Å². The van der Waals surface area contributed by atoms with Crippen molar-refractivity contribution >= 4 is 23.2 Å². The lowest BCUT2D eigenvalue weighted by molar-refractivity contribution is 0.258. The zero-order chi connectivity index (χ0) is 19.9. The smallest absolute Gasteiger partial charge is 0.166 e. The molecule has 0 saturated carbocycles. The normalized spacial score (nSPS) is 17.1. The van der Waals surface area contributed by atoms with Gasteiger partial charge in [0.1, 0.15) is 6.61 Å². The Morgan fingerprint density at radius 1 is 1.18 bits per heavy atom. The molecule has 0 amide bonds. The fraction of sp³-hybridized carbons (Fsp3) is 0.455. The Bertz CT molecular complexity index is 785. The molecule has 1 heterocycles. The van der Waals surface area contributed by atoms with Crippen molar-refractivity contribution in [2.45, 2.75) is 39.0 Å². The monoisotopic (exact) mass is 422 g/mol. The first kappa shape index (κ1) is 21.3. The minimum Gasteiger partial charge on any atom is -0.493 e. The first-order chi connectivity index (χ1) is 13.6. The van der Waals surface area contributed by atoms with E-state index in [0.717, 1.165) is 42.3 Å². The molecular weight excluding hydrogens is 395 g/mol. The Balaban J connectivity index is 1.65. The average molecular weight is 423 g/mol. The maximum atomic E-state index is 6.13. The molecule has 2 aromatic carbocycles. The van der Waals surface area contributed by atoms with Gasteiger partial charge in [-0.15, -0.1) is 0 Å². The Kier molecular flexibility index (Phi) is 7.86. The van der Waals surface area contributed by atoms with Gasteiger partial charge in [-0.2, -0.15) is 0 Å². The summed E-state index contributed by atoms with van der Waals surface area (Å²) < 4.78 is 11.7. The summed E-state index contributed by atoms with van der Waals surface area (Å²) in [5.41, 5.74) is 2.05. The number of rotatable bonds is 9. The molecule has 1 aliphatic rings. The summed E-state index contributed by atoms with van der Waals surface area (Å²) in [6.07, 6.45) is 2.55. The zero-order valence-corrected chi connectivity index (χ0v) is 18.0. The van der Waals surface area contributed by atoms with Crippen LogP contribution >= 0.6 is 23.2 Å². The van der Waals surface area contributed by atoms with Crippen LogP contribution in [0, 0.1) is 0 Å². The minimum atomic E-state index is 0.399. The van der Waals surface area contributed by atoms with Crippen LogP contribution in [-0.4, -0.2) is 37.7 Å². The van der Waals surface area contributed by atoms with E-state index in [1.165, 1.54) is 19.4 Å². The summed E-state index contributed by atoms with van der Waals surface area (Å²) in [7, 11) is 1.66. The van der Waals surface area contributed by atoms with Gasteiger partial charge >= 0.3 is 0 Å². The molecule has 0 aromatic heterocycles. The van der Waals surface area contributed by atoms with Crippen molar-refractivity contribution in [1.29, 1.82) is 0 Å². The molecule has 0 radical (unpaired) electrons. The molecule has 1 atom stereocenters. The molecule has 1 saturated heterocycles. The van der Waals surface area contributed by atoms with Crippen LogP contribution in [0.15, 0.2) is 36.4 Å². The SMILES string of the molecule is CCN1CCC[C@H]1CNCc1cccc(OC)c1OCc1ccc(Cl)c(Cl)c1. The third-order valence-electron chi connectivity index (χ3n) is 5.25. The van der Waals surface area contributed by atoms with Gasteiger partial charge in [-0.05, 0) is 49.7 Å². The Labute approximate surface area is 177 Å². The minimum absolute atomic E-state index is 0.399. The summed E-state index contributed by atoms with van der Waals surface area (Å²) in [5, 5.41) is 4.67. The van der Waals surface area contributed by atoms with Gasteiger partial charge in [0.25, 0.3) is 0 Å². The van der Waals surface area contributed by atoms with Crippen molar-refractivity contribution in [2.24, 2.45) is 0 Å². The summed E-state index contributed by atoms with van der Waals surface area (Å²) in [4.78, 5) is 2.54. The summed E-state index contributed by atoms with van der Waals surface area (Å²) >= 11 is 12.1. The summed E-state index contributed by atoms with van der Waals surface area (Å²) in [6, 6.07) is 12.1. The van der Waals surface area contributed by atoms with Crippen LogP contribution in [0.25, 0.3) is 0 Å². The van der Waals surface area contributed by atoms with Crippen LogP contribution in [0.1, 0.15) is 30.9 Å². The molecule has 0 spiro atoms. The number of ether oxygens (including phenoxy) is 2. The number of likely N-dealkylation sites (tertiary alicyclic amines) is 1. The molecule has 1 aliphatic heterocycles. The number of nitrogens with one attached hydrogen (secondary N) is 1. The zero-order valence-electron chi connectivity index (χ0n) is 16.5. The number of likely N-dealkylation sites (N-methyl/N-ethyl adjacent to an activating group) is 1. The first-order valence-corrected chi connectivity index (χ1v) is 10.5. The van der Waals surface area contributed by atoms with E-state index in [0.29, 0.717) is 22.7 Å². The number of methoxy groups -OCH3 is 1.